The zero-order chi connectivity index (χ0) is 20.4. The number of hydrogen-bond acceptors (Lipinski definition) is 2. The Morgan fingerprint density at radius 1 is 1.15 bits per heavy atom. The van der Waals surface area contributed by atoms with Crippen LogP contribution in [0.2, 0.25) is 16.6 Å². The molecule has 0 saturated heterocycles. The van der Waals surface area contributed by atoms with Gasteiger partial charge < -0.3 is 10.0 Å². The van der Waals surface area contributed by atoms with E-state index < -0.39 is 13.3 Å². The third-order valence-corrected chi connectivity index (χ3v) is 18.7. The van der Waals surface area contributed by atoms with Crippen molar-refractivity contribution in [3.63, 3.8) is 0 Å². The fraction of sp³-hybridized carbons (Fsp3) is 0.682. The number of carboxylic acid groups (broad SMARTS) is 1. The van der Waals surface area contributed by atoms with Crippen LogP contribution in [0.25, 0.3) is 0 Å². The molecule has 1 atom stereocenters. The Morgan fingerprint density at radius 3 is 2.22 bits per heavy atom. The molecule has 0 spiro atoms. The number of rotatable bonds is 7. The van der Waals surface area contributed by atoms with E-state index in [2.05, 4.69) is 71.0 Å². The first-order valence-electron chi connectivity index (χ1n) is 10.4. The van der Waals surface area contributed by atoms with Crippen LogP contribution in [0.15, 0.2) is 23.1 Å². The van der Waals surface area contributed by atoms with Crippen molar-refractivity contribution >= 4 is 24.5 Å². The van der Waals surface area contributed by atoms with Crippen molar-refractivity contribution in [2.24, 2.45) is 0 Å². The predicted molar refractivity (Wildman–Crippen MR) is 120 cm³/mol. The number of hydrogen-bond donors (Lipinski definition) is 1. The molecule has 1 aliphatic carbocycles. The summed E-state index contributed by atoms with van der Waals surface area (Å²) in [7, 11) is -1.54. The molecule has 1 aliphatic rings. The molecular weight excluding hydrogens is 370 g/mol. The van der Waals surface area contributed by atoms with Gasteiger partial charge in [0.15, 0.2) is 0 Å². The van der Waals surface area contributed by atoms with Gasteiger partial charge in [0, 0.05) is 17.5 Å². The van der Waals surface area contributed by atoms with Gasteiger partial charge in [-0.15, -0.1) is 0 Å². The number of amides is 1. The van der Waals surface area contributed by atoms with Crippen LogP contribution in [0.3, 0.4) is 0 Å². The Bertz CT molecular complexity index is 638. The van der Waals surface area contributed by atoms with Crippen LogP contribution in [0, 0.1) is 0 Å². The smallest absolute Gasteiger partial charge is 0.407 e. The van der Waals surface area contributed by atoms with Crippen molar-refractivity contribution < 1.29 is 9.90 Å². The van der Waals surface area contributed by atoms with Gasteiger partial charge in [0.25, 0.3) is 0 Å². The average Bonchev–Trinajstić information content (AvgIpc) is 2.58. The molecule has 2 rings (SSSR count). The number of fused-ring (bicyclic) bond motifs is 1. The normalized spacial score (nSPS) is 17.5. The van der Waals surface area contributed by atoms with E-state index in [9.17, 15) is 9.90 Å². The highest BCUT2D eigenvalue weighted by atomic mass is 32.4. The largest absolute Gasteiger partial charge is 0.465 e. The second-order valence-electron chi connectivity index (χ2n) is 8.82. The van der Waals surface area contributed by atoms with Crippen LogP contribution < -0.4 is 0 Å². The molecule has 1 N–H and O–H groups in total. The van der Waals surface area contributed by atoms with Crippen LogP contribution in [0.1, 0.15) is 66.0 Å². The van der Waals surface area contributed by atoms with Gasteiger partial charge in [-0.1, -0.05) is 47.6 Å². The van der Waals surface area contributed by atoms with E-state index in [1.165, 1.54) is 16.0 Å². The van der Waals surface area contributed by atoms with Crippen molar-refractivity contribution in [1.29, 1.82) is 0 Å². The van der Waals surface area contributed by atoms with Crippen LogP contribution >= 0.6 is 11.2 Å². The SMILES string of the molecule is CCN(C(=O)O)C1CCc2cc(S[Si](C(C)C)(C(C)C)C(C)C)ccc2C1. The minimum absolute atomic E-state index is 0.119. The molecule has 0 saturated carbocycles. The Balaban J connectivity index is 2.26. The fourth-order valence-corrected chi connectivity index (χ4v) is 14.3. The highest BCUT2D eigenvalue weighted by molar-refractivity contribution is 8.29. The summed E-state index contributed by atoms with van der Waals surface area (Å²) >= 11 is 2.18. The maximum absolute atomic E-state index is 11.5. The maximum Gasteiger partial charge on any atom is 0.407 e. The quantitative estimate of drug-likeness (QED) is 0.505. The number of nitrogens with zero attached hydrogens (tertiary/aromatic N) is 1. The van der Waals surface area contributed by atoms with E-state index in [1.807, 2.05) is 6.92 Å². The third-order valence-electron chi connectivity index (χ3n) is 6.41. The maximum atomic E-state index is 11.5. The summed E-state index contributed by atoms with van der Waals surface area (Å²) in [6.07, 6.45) is 1.97. The van der Waals surface area contributed by atoms with Crippen molar-refractivity contribution in [3.05, 3.63) is 29.3 Å². The van der Waals surface area contributed by atoms with Crippen molar-refractivity contribution in [2.45, 2.75) is 95.3 Å². The molecule has 5 heteroatoms. The number of aryl methyl sites for hydroxylation is 1. The lowest BCUT2D eigenvalue weighted by molar-refractivity contribution is 0.122. The Kier molecular flexibility index (Phi) is 7.48. The topological polar surface area (TPSA) is 40.5 Å². The Labute approximate surface area is 170 Å². The van der Waals surface area contributed by atoms with Crippen molar-refractivity contribution in [1.82, 2.24) is 4.90 Å². The molecule has 3 nitrogen and oxygen atoms in total. The molecule has 0 aliphatic heterocycles. The Morgan fingerprint density at radius 2 is 1.74 bits per heavy atom. The minimum Gasteiger partial charge on any atom is -0.465 e. The molecule has 0 radical (unpaired) electrons. The first kappa shape index (κ1) is 22.3. The summed E-state index contributed by atoms with van der Waals surface area (Å²) in [5, 5.41) is 9.43. The molecule has 1 aromatic carbocycles. The van der Waals surface area contributed by atoms with Crippen molar-refractivity contribution in [3.8, 4) is 0 Å². The molecule has 0 heterocycles. The molecule has 0 bridgehead atoms. The van der Waals surface area contributed by atoms with Gasteiger partial charge in [-0.3, -0.25) is 0 Å². The molecule has 152 valence electrons. The van der Waals surface area contributed by atoms with Gasteiger partial charge in [0.1, 0.15) is 7.22 Å². The van der Waals surface area contributed by atoms with E-state index >= 15 is 0 Å². The predicted octanol–water partition coefficient (Wildman–Crippen LogP) is 6.81. The van der Waals surface area contributed by atoms with Gasteiger partial charge in [0.2, 0.25) is 0 Å². The van der Waals surface area contributed by atoms with Gasteiger partial charge in [-0.05, 0) is 66.1 Å². The number of benzene rings is 1. The standard InChI is InChI=1S/C22H37NO2SSi/c1-8-23(22(24)25)20-11-9-19-14-21(12-10-18(19)13-20)26-27(15(2)3,16(4)5)17(6)7/h10,12,14-17,20H,8-9,11,13H2,1-7H3,(H,24,25). The summed E-state index contributed by atoms with van der Waals surface area (Å²) in [6, 6.07) is 7.08. The first-order valence-corrected chi connectivity index (χ1v) is 14.2. The summed E-state index contributed by atoms with van der Waals surface area (Å²) in [5.74, 6) is 0. The van der Waals surface area contributed by atoms with Gasteiger partial charge >= 0.3 is 6.09 Å². The molecule has 1 amide bonds. The van der Waals surface area contributed by atoms with Crippen LogP contribution in [-0.4, -0.2) is 35.9 Å². The molecule has 0 aromatic heterocycles. The Hall–Kier alpha value is -0.943. The van der Waals surface area contributed by atoms with E-state index in [1.54, 1.807) is 4.90 Å². The highest BCUT2D eigenvalue weighted by Gasteiger charge is 2.44. The molecule has 1 aromatic rings. The summed E-state index contributed by atoms with van der Waals surface area (Å²) in [5.41, 5.74) is 4.96. The first-order chi connectivity index (χ1) is 12.6. The van der Waals surface area contributed by atoms with Gasteiger partial charge in [-0.25, -0.2) is 4.79 Å². The zero-order valence-corrected chi connectivity index (χ0v) is 19.9. The van der Waals surface area contributed by atoms with Gasteiger partial charge in [0.05, 0.1) is 0 Å². The zero-order valence-electron chi connectivity index (χ0n) is 18.1. The second-order valence-corrected chi connectivity index (χ2v) is 17.4. The van der Waals surface area contributed by atoms with E-state index in [-0.39, 0.29) is 6.04 Å². The van der Waals surface area contributed by atoms with Crippen LogP contribution in [0.5, 0.6) is 0 Å². The average molecular weight is 408 g/mol. The second kappa shape index (κ2) is 9.04. The monoisotopic (exact) mass is 407 g/mol. The van der Waals surface area contributed by atoms with Crippen LogP contribution in [0.4, 0.5) is 4.79 Å². The highest BCUT2D eigenvalue weighted by Crippen LogP contribution is 2.52. The molecule has 0 fully saturated rings. The fourth-order valence-electron chi connectivity index (χ4n) is 5.15. The third kappa shape index (κ3) is 4.56. The van der Waals surface area contributed by atoms with E-state index in [0.717, 1.165) is 35.9 Å². The molecule has 1 unspecified atom stereocenters. The van der Waals surface area contributed by atoms with Crippen molar-refractivity contribution in [2.75, 3.05) is 6.54 Å². The van der Waals surface area contributed by atoms with Gasteiger partial charge in [-0.2, -0.15) is 11.2 Å². The molecule has 27 heavy (non-hydrogen) atoms. The lowest BCUT2D eigenvalue weighted by atomic mass is 9.87. The summed E-state index contributed by atoms with van der Waals surface area (Å²) in [4.78, 5) is 14.5. The minimum atomic E-state index is -1.54. The number of likely N-dealkylation sites (N-methyl/N-ethyl adjacent to an activating group) is 1. The summed E-state index contributed by atoms with van der Waals surface area (Å²) in [6.45, 7) is 17.0. The molecular formula is C22H37NO2SSi. The number of carbonyl (C=O) groups is 1. The summed E-state index contributed by atoms with van der Waals surface area (Å²) < 4.78 is 0. The lowest BCUT2D eigenvalue weighted by Gasteiger charge is -2.42. The lowest BCUT2D eigenvalue weighted by Crippen LogP contribution is -2.42. The van der Waals surface area contributed by atoms with Crippen LogP contribution in [-0.2, 0) is 12.8 Å². The van der Waals surface area contributed by atoms with E-state index in [0.29, 0.717) is 6.54 Å². The van der Waals surface area contributed by atoms with E-state index in [4.69, 9.17) is 0 Å².